The van der Waals surface area contributed by atoms with Crippen LogP contribution in [0.5, 0.6) is 0 Å². The zero-order chi connectivity index (χ0) is 16.2. The Labute approximate surface area is 122 Å². The van der Waals surface area contributed by atoms with Gasteiger partial charge in [-0.15, -0.1) is 0 Å². The van der Waals surface area contributed by atoms with Crippen molar-refractivity contribution in [1.82, 2.24) is 9.97 Å². The van der Waals surface area contributed by atoms with Gasteiger partial charge in [0.05, 0.1) is 12.0 Å². The number of hydrogen-bond acceptors (Lipinski definition) is 8. The largest absolute Gasteiger partial charge is 0.467 e. The second-order valence-corrected chi connectivity index (χ2v) is 4.73. The van der Waals surface area contributed by atoms with Crippen molar-refractivity contribution in [2.24, 2.45) is 5.92 Å². The van der Waals surface area contributed by atoms with E-state index in [0.717, 1.165) is 0 Å². The summed E-state index contributed by atoms with van der Waals surface area (Å²) in [6.07, 6.45) is 0. The summed E-state index contributed by atoms with van der Waals surface area (Å²) in [6, 6.07) is -0.743. The molecule has 0 bridgehead atoms. The van der Waals surface area contributed by atoms with Gasteiger partial charge in [0, 0.05) is 7.05 Å². The lowest BCUT2D eigenvalue weighted by Gasteiger charge is -2.20. The van der Waals surface area contributed by atoms with Crippen LogP contribution in [0.15, 0.2) is 0 Å². The van der Waals surface area contributed by atoms with Gasteiger partial charge in [0.25, 0.3) is 0 Å². The minimum absolute atomic E-state index is 0.0130. The van der Waals surface area contributed by atoms with Crippen molar-refractivity contribution >= 4 is 23.4 Å². The maximum Gasteiger partial charge on any atom is 0.332 e. The fourth-order valence-electron chi connectivity index (χ4n) is 1.77. The summed E-state index contributed by atoms with van der Waals surface area (Å²) in [5.74, 6) is -0.430. The zero-order valence-electron chi connectivity index (χ0n) is 12.6. The normalized spacial score (nSPS) is 11.9. The fraction of sp³-hybridized carbons (Fsp3) is 0.583. The number of anilines is 2. The summed E-state index contributed by atoms with van der Waals surface area (Å²) in [7, 11) is 2.86. The highest BCUT2D eigenvalue weighted by atomic mass is 16.6. The van der Waals surface area contributed by atoms with E-state index in [1.807, 2.05) is 0 Å². The molecule has 1 unspecified atom stereocenters. The highest BCUT2D eigenvalue weighted by Crippen LogP contribution is 2.28. The molecule has 0 aliphatic heterocycles. The van der Waals surface area contributed by atoms with Crippen LogP contribution in [-0.2, 0) is 9.53 Å². The lowest BCUT2D eigenvalue weighted by atomic mass is 10.0. The van der Waals surface area contributed by atoms with E-state index < -0.39 is 16.9 Å². The van der Waals surface area contributed by atoms with Crippen LogP contribution < -0.4 is 10.6 Å². The third-order valence-electron chi connectivity index (χ3n) is 2.88. The van der Waals surface area contributed by atoms with E-state index in [4.69, 9.17) is 4.74 Å². The third-order valence-corrected chi connectivity index (χ3v) is 2.88. The Balaban J connectivity index is 3.29. The Morgan fingerprint density at radius 2 is 2.00 bits per heavy atom. The van der Waals surface area contributed by atoms with Gasteiger partial charge in [-0.1, -0.05) is 13.8 Å². The minimum atomic E-state index is -0.743. The number of hydrogen-bond donors (Lipinski definition) is 2. The molecular formula is C12H19N5O4. The number of nitrogens with zero attached hydrogens (tertiary/aromatic N) is 3. The molecule has 0 spiro atoms. The van der Waals surface area contributed by atoms with Crippen LogP contribution in [-0.4, -0.2) is 41.1 Å². The molecule has 1 atom stereocenters. The molecule has 0 aromatic carbocycles. The van der Waals surface area contributed by atoms with Crippen LogP contribution in [0.1, 0.15) is 19.5 Å². The van der Waals surface area contributed by atoms with E-state index in [2.05, 4.69) is 20.6 Å². The van der Waals surface area contributed by atoms with E-state index in [1.54, 1.807) is 20.9 Å². The molecule has 0 amide bonds. The van der Waals surface area contributed by atoms with E-state index in [9.17, 15) is 14.9 Å². The van der Waals surface area contributed by atoms with Gasteiger partial charge in [-0.2, -0.15) is 4.98 Å². The number of carbonyl (C=O) groups excluding carboxylic acids is 1. The first-order chi connectivity index (χ1) is 9.81. The zero-order valence-corrected chi connectivity index (χ0v) is 12.6. The first-order valence-corrected chi connectivity index (χ1v) is 6.37. The van der Waals surface area contributed by atoms with Crippen molar-refractivity contribution in [3.8, 4) is 0 Å². The number of carbonyl (C=O) groups is 1. The van der Waals surface area contributed by atoms with Crippen LogP contribution in [0.4, 0.5) is 17.5 Å². The Morgan fingerprint density at radius 1 is 1.38 bits per heavy atom. The van der Waals surface area contributed by atoms with Gasteiger partial charge in [0.15, 0.2) is 0 Å². The van der Waals surface area contributed by atoms with E-state index >= 15 is 0 Å². The van der Waals surface area contributed by atoms with Gasteiger partial charge >= 0.3 is 11.7 Å². The van der Waals surface area contributed by atoms with Crippen molar-refractivity contribution in [2.45, 2.75) is 26.8 Å². The number of nitrogens with one attached hydrogen (secondary N) is 2. The molecule has 1 rings (SSSR count). The maximum absolute atomic E-state index is 11.8. The first-order valence-electron chi connectivity index (χ1n) is 6.37. The molecule has 116 valence electrons. The van der Waals surface area contributed by atoms with Crippen molar-refractivity contribution in [1.29, 1.82) is 0 Å². The Morgan fingerprint density at radius 3 is 2.43 bits per heavy atom. The molecule has 9 heteroatoms. The highest BCUT2D eigenvalue weighted by molar-refractivity contribution is 5.80. The Kier molecular flexibility index (Phi) is 5.39. The van der Waals surface area contributed by atoms with Crippen molar-refractivity contribution in [3.05, 3.63) is 15.8 Å². The quantitative estimate of drug-likeness (QED) is 0.458. The van der Waals surface area contributed by atoms with Gasteiger partial charge in [0.1, 0.15) is 11.7 Å². The second-order valence-electron chi connectivity index (χ2n) is 4.73. The van der Waals surface area contributed by atoms with Gasteiger partial charge < -0.3 is 15.4 Å². The molecule has 0 saturated carbocycles. The molecule has 9 nitrogen and oxygen atoms in total. The fourth-order valence-corrected chi connectivity index (χ4v) is 1.77. The average molecular weight is 297 g/mol. The molecule has 1 heterocycles. The number of aromatic nitrogens is 2. The van der Waals surface area contributed by atoms with Gasteiger partial charge in [-0.25, -0.2) is 9.78 Å². The molecule has 1 aromatic heterocycles. The number of nitro groups is 1. The standard InChI is InChI=1S/C12H19N5O4/c1-6(2)8(11(18)21-5)15-10-9(17(19)20)7(3)14-12(13-4)16-10/h6,8H,1-5H3,(H2,13,14,15,16). The maximum atomic E-state index is 11.8. The van der Waals surface area contributed by atoms with Crippen molar-refractivity contribution in [3.63, 3.8) is 0 Å². The highest BCUT2D eigenvalue weighted by Gasteiger charge is 2.29. The van der Waals surface area contributed by atoms with Crippen LogP contribution >= 0.6 is 0 Å². The molecule has 1 aromatic rings. The molecule has 0 saturated heterocycles. The Bertz CT molecular complexity index is 547. The first kappa shape index (κ1) is 16.6. The van der Waals surface area contributed by atoms with Crippen molar-refractivity contribution < 1.29 is 14.5 Å². The summed E-state index contributed by atoms with van der Waals surface area (Å²) in [6.45, 7) is 5.11. The van der Waals surface area contributed by atoms with Crippen LogP contribution in [0.25, 0.3) is 0 Å². The number of rotatable bonds is 6. The monoisotopic (exact) mass is 297 g/mol. The molecule has 0 aliphatic carbocycles. The van der Waals surface area contributed by atoms with Crippen molar-refractivity contribution in [2.75, 3.05) is 24.8 Å². The predicted octanol–water partition coefficient (Wildman–Crippen LogP) is 1.34. The molecular weight excluding hydrogens is 278 g/mol. The number of aryl methyl sites for hydroxylation is 1. The van der Waals surface area contributed by atoms with Crippen LogP contribution in [0.3, 0.4) is 0 Å². The Hall–Kier alpha value is -2.45. The summed E-state index contributed by atoms with van der Waals surface area (Å²) in [5, 5.41) is 16.7. The predicted molar refractivity (Wildman–Crippen MR) is 77.2 cm³/mol. The minimum Gasteiger partial charge on any atom is -0.467 e. The lowest BCUT2D eigenvalue weighted by molar-refractivity contribution is -0.385. The smallest absolute Gasteiger partial charge is 0.332 e. The number of esters is 1. The third kappa shape index (κ3) is 3.77. The van der Waals surface area contributed by atoms with Gasteiger partial charge in [0.2, 0.25) is 11.8 Å². The molecule has 2 N–H and O–H groups in total. The van der Waals surface area contributed by atoms with Gasteiger partial charge in [-0.05, 0) is 12.8 Å². The molecule has 0 aliphatic rings. The van der Waals surface area contributed by atoms with E-state index in [1.165, 1.54) is 14.0 Å². The summed E-state index contributed by atoms with van der Waals surface area (Å²) < 4.78 is 4.70. The molecule has 0 fully saturated rings. The second kappa shape index (κ2) is 6.82. The average Bonchev–Trinajstić information content (AvgIpc) is 2.42. The summed E-state index contributed by atoms with van der Waals surface area (Å²) in [5.41, 5.74) is -0.0576. The van der Waals surface area contributed by atoms with Crippen LogP contribution in [0.2, 0.25) is 0 Å². The van der Waals surface area contributed by atoms with E-state index in [-0.39, 0.29) is 29.1 Å². The van der Waals surface area contributed by atoms with Crippen LogP contribution in [0, 0.1) is 23.0 Å². The number of methoxy groups -OCH3 is 1. The SMILES string of the molecule is CNc1nc(C)c([N+](=O)[O-])c(NC(C(=O)OC)C(C)C)n1. The molecule has 21 heavy (non-hydrogen) atoms. The summed E-state index contributed by atoms with van der Waals surface area (Å²) in [4.78, 5) is 30.4. The number of ether oxygens (including phenoxy) is 1. The molecule has 0 radical (unpaired) electrons. The topological polar surface area (TPSA) is 119 Å². The lowest BCUT2D eigenvalue weighted by Crippen LogP contribution is -2.36. The van der Waals surface area contributed by atoms with Gasteiger partial charge in [-0.3, -0.25) is 10.1 Å². The summed E-state index contributed by atoms with van der Waals surface area (Å²) >= 11 is 0. The van der Waals surface area contributed by atoms with E-state index in [0.29, 0.717) is 0 Å².